The largest absolute Gasteiger partial charge is 0.483 e. The number of fused-ring (bicyclic) bond motifs is 1. The second-order valence-corrected chi connectivity index (χ2v) is 6.08. The number of carboxylic acid groups (broad SMARTS) is 1. The monoisotopic (exact) mass is 325 g/mol. The molecule has 3 amide bonds. The van der Waals surface area contributed by atoms with Gasteiger partial charge in [0.2, 0.25) is 17.7 Å². The third-order valence-corrected chi connectivity index (χ3v) is 4.98. The molecule has 0 unspecified atom stereocenters. The molecule has 3 aliphatic rings. The van der Waals surface area contributed by atoms with Crippen molar-refractivity contribution in [3.63, 3.8) is 0 Å². The van der Waals surface area contributed by atoms with Crippen molar-refractivity contribution >= 4 is 24.2 Å². The Kier molecular flexibility index (Phi) is 5.35. The maximum absolute atomic E-state index is 12.6. The molecule has 23 heavy (non-hydrogen) atoms. The van der Waals surface area contributed by atoms with Gasteiger partial charge in [-0.15, -0.1) is 0 Å². The Balaban J connectivity index is 0.000000595. The van der Waals surface area contributed by atoms with Crippen molar-refractivity contribution in [2.45, 2.75) is 25.8 Å². The van der Waals surface area contributed by atoms with Gasteiger partial charge in [0.1, 0.15) is 0 Å². The number of likely N-dealkylation sites (N-methyl/N-ethyl adjacent to an activating group) is 1. The second kappa shape index (κ2) is 7.08. The molecular weight excluding hydrogens is 302 g/mol. The van der Waals surface area contributed by atoms with Gasteiger partial charge in [0.15, 0.2) is 0 Å². The normalized spacial score (nSPS) is 30.3. The number of amides is 3. The van der Waals surface area contributed by atoms with Crippen LogP contribution in [0.15, 0.2) is 0 Å². The van der Waals surface area contributed by atoms with Gasteiger partial charge in [-0.1, -0.05) is 6.92 Å². The summed E-state index contributed by atoms with van der Waals surface area (Å²) in [5.41, 5.74) is 0. The standard InChI is InChI=1S/C14H21N3O3.CH2O2/c1-3-16-6-4-5-11(16)14(20)17-7-9-10(8-17)13(19)15(2)12(9)18;2-1-3/h9-11H,3-8H2,1-2H3;1H,(H,2,3)/t9-,10+,11-;/m0./s1. The molecular formula is C15H23N3O5. The lowest BCUT2D eigenvalue weighted by Crippen LogP contribution is -2.46. The van der Waals surface area contributed by atoms with Gasteiger partial charge in [0, 0.05) is 20.1 Å². The first kappa shape index (κ1) is 17.4. The molecule has 3 saturated heterocycles. The van der Waals surface area contributed by atoms with E-state index in [2.05, 4.69) is 11.8 Å². The Morgan fingerprint density at radius 1 is 1.26 bits per heavy atom. The van der Waals surface area contributed by atoms with Gasteiger partial charge in [0.25, 0.3) is 6.47 Å². The number of hydrogen-bond donors (Lipinski definition) is 1. The van der Waals surface area contributed by atoms with E-state index in [1.54, 1.807) is 4.90 Å². The van der Waals surface area contributed by atoms with Gasteiger partial charge in [-0.3, -0.25) is 29.0 Å². The van der Waals surface area contributed by atoms with Crippen LogP contribution >= 0.6 is 0 Å². The molecule has 3 rings (SSSR count). The van der Waals surface area contributed by atoms with E-state index in [0.717, 1.165) is 25.9 Å². The highest BCUT2D eigenvalue weighted by Crippen LogP contribution is 2.33. The molecule has 3 atom stereocenters. The summed E-state index contributed by atoms with van der Waals surface area (Å²) < 4.78 is 0. The van der Waals surface area contributed by atoms with Crippen molar-refractivity contribution in [1.82, 2.24) is 14.7 Å². The van der Waals surface area contributed by atoms with E-state index in [9.17, 15) is 14.4 Å². The Morgan fingerprint density at radius 3 is 2.26 bits per heavy atom. The fraction of sp³-hybridized carbons (Fsp3) is 0.733. The first-order valence-electron chi connectivity index (χ1n) is 7.88. The van der Waals surface area contributed by atoms with E-state index >= 15 is 0 Å². The first-order valence-corrected chi connectivity index (χ1v) is 7.88. The molecule has 0 aromatic heterocycles. The lowest BCUT2D eigenvalue weighted by molar-refractivity contribution is -0.140. The quantitative estimate of drug-likeness (QED) is 0.530. The fourth-order valence-electron chi connectivity index (χ4n) is 3.79. The average molecular weight is 325 g/mol. The van der Waals surface area contributed by atoms with Crippen LogP contribution in [0, 0.1) is 11.8 Å². The Hall–Kier alpha value is -1.96. The van der Waals surface area contributed by atoms with E-state index in [0.29, 0.717) is 13.1 Å². The Bertz CT molecular complexity index is 485. The van der Waals surface area contributed by atoms with Gasteiger partial charge in [0.05, 0.1) is 17.9 Å². The first-order chi connectivity index (χ1) is 11.0. The van der Waals surface area contributed by atoms with Crippen LogP contribution < -0.4 is 0 Å². The summed E-state index contributed by atoms with van der Waals surface area (Å²) in [5.74, 6) is -0.786. The topological polar surface area (TPSA) is 98.2 Å². The summed E-state index contributed by atoms with van der Waals surface area (Å²) in [6, 6.07) is -0.0539. The van der Waals surface area contributed by atoms with Crippen molar-refractivity contribution in [3.8, 4) is 0 Å². The summed E-state index contributed by atoms with van der Waals surface area (Å²) in [6.45, 7) is 4.47. The van der Waals surface area contributed by atoms with E-state index in [1.165, 1.54) is 11.9 Å². The summed E-state index contributed by atoms with van der Waals surface area (Å²) in [6.07, 6.45) is 1.94. The molecule has 3 heterocycles. The third-order valence-electron chi connectivity index (χ3n) is 4.98. The summed E-state index contributed by atoms with van der Waals surface area (Å²) in [7, 11) is 1.53. The molecule has 0 aromatic carbocycles. The maximum atomic E-state index is 12.6. The van der Waals surface area contributed by atoms with Crippen LogP contribution in [0.4, 0.5) is 0 Å². The predicted octanol–water partition coefficient (Wildman–Crippen LogP) is -0.755. The van der Waals surface area contributed by atoms with E-state index in [1.807, 2.05) is 0 Å². The molecule has 0 aliphatic carbocycles. The van der Waals surface area contributed by atoms with Gasteiger partial charge < -0.3 is 10.0 Å². The van der Waals surface area contributed by atoms with Crippen LogP contribution in [-0.4, -0.2) is 83.3 Å². The molecule has 0 radical (unpaired) electrons. The van der Waals surface area contributed by atoms with Crippen LogP contribution in [0.5, 0.6) is 0 Å². The number of rotatable bonds is 2. The van der Waals surface area contributed by atoms with Crippen LogP contribution in [0.1, 0.15) is 19.8 Å². The second-order valence-electron chi connectivity index (χ2n) is 6.08. The lowest BCUT2D eigenvalue weighted by atomic mass is 10.00. The molecule has 0 spiro atoms. The number of nitrogens with zero attached hydrogens (tertiary/aromatic N) is 3. The maximum Gasteiger partial charge on any atom is 0.290 e. The SMILES string of the molecule is CCN1CCC[C@H]1C(=O)N1C[C@@H]2C(=O)N(C)C(=O)[C@@H]2C1.O=CO. The van der Waals surface area contributed by atoms with Crippen molar-refractivity contribution in [2.75, 3.05) is 33.2 Å². The van der Waals surface area contributed by atoms with Crippen LogP contribution in [-0.2, 0) is 19.2 Å². The van der Waals surface area contributed by atoms with Crippen LogP contribution in [0.3, 0.4) is 0 Å². The zero-order chi connectivity index (χ0) is 17.1. The average Bonchev–Trinajstić information content (AvgIpc) is 3.22. The van der Waals surface area contributed by atoms with Crippen molar-refractivity contribution in [2.24, 2.45) is 11.8 Å². The highest BCUT2D eigenvalue weighted by Gasteiger charge is 2.52. The minimum atomic E-state index is -0.312. The van der Waals surface area contributed by atoms with Gasteiger partial charge in [-0.25, -0.2) is 0 Å². The molecule has 3 aliphatic heterocycles. The molecule has 0 aromatic rings. The van der Waals surface area contributed by atoms with Gasteiger partial charge in [-0.2, -0.15) is 0 Å². The fourth-order valence-corrected chi connectivity index (χ4v) is 3.79. The summed E-state index contributed by atoms with van der Waals surface area (Å²) >= 11 is 0. The number of imide groups is 1. The lowest BCUT2D eigenvalue weighted by Gasteiger charge is -2.27. The molecule has 1 N–H and O–H groups in total. The summed E-state index contributed by atoms with van der Waals surface area (Å²) in [5, 5.41) is 6.89. The highest BCUT2D eigenvalue weighted by atomic mass is 16.3. The molecule has 8 nitrogen and oxygen atoms in total. The molecule has 3 fully saturated rings. The van der Waals surface area contributed by atoms with E-state index in [-0.39, 0.29) is 42.1 Å². The predicted molar refractivity (Wildman–Crippen MR) is 80.3 cm³/mol. The Labute approximate surface area is 135 Å². The molecule has 128 valence electrons. The van der Waals surface area contributed by atoms with Crippen molar-refractivity contribution in [1.29, 1.82) is 0 Å². The van der Waals surface area contributed by atoms with Gasteiger partial charge in [-0.05, 0) is 25.9 Å². The highest BCUT2D eigenvalue weighted by molar-refractivity contribution is 6.06. The smallest absolute Gasteiger partial charge is 0.290 e. The third kappa shape index (κ3) is 3.08. The number of hydrogen-bond acceptors (Lipinski definition) is 5. The molecule has 0 saturated carbocycles. The molecule has 8 heteroatoms. The van der Waals surface area contributed by atoms with Gasteiger partial charge >= 0.3 is 0 Å². The van der Waals surface area contributed by atoms with E-state index in [4.69, 9.17) is 9.90 Å². The summed E-state index contributed by atoms with van der Waals surface area (Å²) in [4.78, 5) is 50.0. The minimum Gasteiger partial charge on any atom is -0.483 e. The van der Waals surface area contributed by atoms with Crippen LogP contribution in [0.25, 0.3) is 0 Å². The number of carbonyl (C=O) groups is 4. The van der Waals surface area contributed by atoms with Crippen molar-refractivity contribution in [3.05, 3.63) is 0 Å². The van der Waals surface area contributed by atoms with Crippen molar-refractivity contribution < 1.29 is 24.3 Å². The minimum absolute atomic E-state index is 0.0539. The zero-order valence-corrected chi connectivity index (χ0v) is 13.5. The van der Waals surface area contributed by atoms with E-state index < -0.39 is 0 Å². The zero-order valence-electron chi connectivity index (χ0n) is 13.5. The molecule has 0 bridgehead atoms. The number of likely N-dealkylation sites (tertiary alicyclic amines) is 3. The Morgan fingerprint density at radius 2 is 1.78 bits per heavy atom. The number of carbonyl (C=O) groups excluding carboxylic acids is 3. The van der Waals surface area contributed by atoms with Crippen LogP contribution in [0.2, 0.25) is 0 Å².